The smallest absolute Gasteiger partial charge is 0.328 e. The number of hydrazine groups is 1. The number of carbonyl (C=O) groups is 2. The van der Waals surface area contributed by atoms with E-state index in [1.54, 1.807) is 24.2 Å². The van der Waals surface area contributed by atoms with E-state index in [-0.39, 0.29) is 11.3 Å². The van der Waals surface area contributed by atoms with Gasteiger partial charge in [-0.25, -0.2) is 9.97 Å². The summed E-state index contributed by atoms with van der Waals surface area (Å²) < 4.78 is 5.14. The Morgan fingerprint density at radius 2 is 1.94 bits per heavy atom. The lowest BCUT2D eigenvalue weighted by Crippen LogP contribution is -2.40. The Bertz CT molecular complexity index is 1630. The molecule has 10 heteroatoms. The van der Waals surface area contributed by atoms with Crippen LogP contribution in [0.5, 0.6) is 0 Å². The predicted molar refractivity (Wildman–Crippen MR) is 136 cm³/mol. The van der Waals surface area contributed by atoms with Crippen LogP contribution in [0.15, 0.2) is 47.2 Å². The van der Waals surface area contributed by atoms with Crippen molar-refractivity contribution in [3.63, 3.8) is 0 Å². The molecule has 182 valence electrons. The fraction of sp³-hybridized carbons (Fsp3) is 0.231. The second-order valence-electron chi connectivity index (χ2n) is 9.67. The third-order valence-electron chi connectivity index (χ3n) is 5.94. The summed E-state index contributed by atoms with van der Waals surface area (Å²) in [6.07, 6.45) is 2.33. The topological polar surface area (TPSA) is 130 Å². The van der Waals surface area contributed by atoms with Crippen LogP contribution in [0.2, 0.25) is 0 Å². The molecule has 0 aliphatic rings. The van der Waals surface area contributed by atoms with Crippen LogP contribution >= 0.6 is 0 Å². The minimum Gasteiger partial charge on any atom is -0.339 e. The van der Waals surface area contributed by atoms with Gasteiger partial charge < -0.3 is 9.51 Å². The molecule has 3 aromatic heterocycles. The number of nitrogens with zero attached hydrogens (tertiary/aromatic N) is 5. The number of hydrogen-bond acceptors (Lipinski definition) is 8. The number of fused-ring (bicyclic) bond motifs is 3. The van der Waals surface area contributed by atoms with E-state index in [1.807, 2.05) is 52.0 Å². The predicted octanol–water partition coefficient (Wildman–Crippen LogP) is 4.36. The first-order valence-corrected chi connectivity index (χ1v) is 11.4. The van der Waals surface area contributed by atoms with Gasteiger partial charge in [-0.2, -0.15) is 4.98 Å². The Balaban J connectivity index is 1.44. The van der Waals surface area contributed by atoms with Gasteiger partial charge in [0.25, 0.3) is 0 Å². The largest absolute Gasteiger partial charge is 0.339 e. The Morgan fingerprint density at radius 3 is 2.64 bits per heavy atom. The molecule has 0 saturated heterocycles. The van der Waals surface area contributed by atoms with Crippen molar-refractivity contribution in [1.82, 2.24) is 30.5 Å². The molecule has 2 aromatic carbocycles. The van der Waals surface area contributed by atoms with E-state index < -0.39 is 5.91 Å². The number of amides is 1. The number of aromatic nitrogens is 5. The van der Waals surface area contributed by atoms with Crippen molar-refractivity contribution in [2.75, 3.05) is 12.1 Å². The van der Waals surface area contributed by atoms with E-state index in [9.17, 15) is 9.59 Å². The maximum absolute atomic E-state index is 12.7. The van der Waals surface area contributed by atoms with E-state index >= 15 is 0 Å². The Labute approximate surface area is 206 Å². The van der Waals surface area contributed by atoms with Crippen molar-refractivity contribution in [1.29, 1.82) is 0 Å². The number of anilines is 1. The molecule has 0 unspecified atom stereocenters. The van der Waals surface area contributed by atoms with Gasteiger partial charge in [0.2, 0.25) is 0 Å². The number of carbonyl (C=O) groups excluding carboxylic acids is 2. The lowest BCUT2D eigenvalue weighted by atomic mass is 9.96. The summed E-state index contributed by atoms with van der Waals surface area (Å²) >= 11 is 0. The number of rotatable bonds is 5. The fourth-order valence-electron chi connectivity index (χ4n) is 4.10. The van der Waals surface area contributed by atoms with Gasteiger partial charge in [0.1, 0.15) is 18.3 Å². The van der Waals surface area contributed by atoms with Crippen LogP contribution in [0.1, 0.15) is 53.2 Å². The summed E-state index contributed by atoms with van der Waals surface area (Å²) in [6, 6.07) is 11.3. The van der Waals surface area contributed by atoms with Gasteiger partial charge in [0.05, 0.1) is 16.8 Å². The standard InChI is InChI=1S/C26H25N7O3/c1-14-10-16(21-20-17-8-6-15(12-34)11-18(17)29-22(20)28-13-27-21)7-9-19(14)33(5)31-23(35)24-30-25(32-36-24)26(2,3)4/h6-13H,1-5H3,(H,31,35)(H,27,28,29). The zero-order valence-corrected chi connectivity index (χ0v) is 20.6. The van der Waals surface area contributed by atoms with Crippen molar-refractivity contribution in [2.24, 2.45) is 0 Å². The van der Waals surface area contributed by atoms with E-state index in [0.29, 0.717) is 17.0 Å². The molecule has 0 fully saturated rings. The van der Waals surface area contributed by atoms with Crippen molar-refractivity contribution in [3.05, 3.63) is 65.6 Å². The van der Waals surface area contributed by atoms with Crippen molar-refractivity contribution in [2.45, 2.75) is 33.1 Å². The molecule has 3 heterocycles. The highest BCUT2D eigenvalue weighted by molar-refractivity contribution is 6.12. The molecule has 0 atom stereocenters. The van der Waals surface area contributed by atoms with E-state index in [0.717, 1.165) is 45.1 Å². The van der Waals surface area contributed by atoms with Crippen molar-refractivity contribution >= 4 is 39.8 Å². The first kappa shape index (κ1) is 23.2. The van der Waals surface area contributed by atoms with Crippen LogP contribution in [0.25, 0.3) is 33.2 Å². The van der Waals surface area contributed by atoms with Crippen LogP contribution in [0, 0.1) is 6.92 Å². The van der Waals surface area contributed by atoms with Gasteiger partial charge in [-0.3, -0.25) is 20.0 Å². The fourth-order valence-corrected chi connectivity index (χ4v) is 4.10. The van der Waals surface area contributed by atoms with Gasteiger partial charge in [0, 0.05) is 34.5 Å². The molecular formula is C26H25N7O3. The van der Waals surface area contributed by atoms with Crippen LogP contribution in [-0.4, -0.2) is 44.3 Å². The minimum absolute atomic E-state index is 0.0958. The van der Waals surface area contributed by atoms with Crippen molar-refractivity contribution < 1.29 is 14.1 Å². The molecular weight excluding hydrogens is 458 g/mol. The zero-order valence-electron chi connectivity index (χ0n) is 20.6. The highest BCUT2D eigenvalue weighted by atomic mass is 16.5. The minimum atomic E-state index is -0.491. The zero-order chi connectivity index (χ0) is 25.6. The third-order valence-corrected chi connectivity index (χ3v) is 5.94. The van der Waals surface area contributed by atoms with Crippen LogP contribution in [0.4, 0.5) is 5.69 Å². The normalized spacial score (nSPS) is 11.7. The Morgan fingerprint density at radius 1 is 1.14 bits per heavy atom. The molecule has 0 saturated carbocycles. The molecule has 36 heavy (non-hydrogen) atoms. The van der Waals surface area contributed by atoms with Gasteiger partial charge >= 0.3 is 11.8 Å². The average Bonchev–Trinajstić information content (AvgIpc) is 3.48. The van der Waals surface area contributed by atoms with Gasteiger partial charge in [0.15, 0.2) is 5.82 Å². The van der Waals surface area contributed by atoms with Crippen LogP contribution in [-0.2, 0) is 5.41 Å². The first-order valence-electron chi connectivity index (χ1n) is 11.4. The quantitative estimate of drug-likeness (QED) is 0.279. The highest BCUT2D eigenvalue weighted by Crippen LogP contribution is 2.34. The first-order chi connectivity index (χ1) is 17.2. The Hall–Kier alpha value is -4.60. The van der Waals surface area contributed by atoms with E-state index in [2.05, 4.69) is 30.5 Å². The maximum atomic E-state index is 12.7. The Kier molecular flexibility index (Phi) is 5.51. The molecule has 1 amide bonds. The maximum Gasteiger partial charge on any atom is 0.328 e. The molecule has 2 N–H and O–H groups in total. The summed E-state index contributed by atoms with van der Waals surface area (Å²) in [6.45, 7) is 7.79. The second kappa shape index (κ2) is 8.56. The molecule has 0 bridgehead atoms. The third kappa shape index (κ3) is 4.06. The summed E-state index contributed by atoms with van der Waals surface area (Å²) in [4.78, 5) is 40.3. The number of aryl methyl sites for hydroxylation is 1. The summed E-state index contributed by atoms with van der Waals surface area (Å²) in [5.74, 6) is -0.122. The lowest BCUT2D eigenvalue weighted by molar-refractivity contribution is 0.0907. The SMILES string of the molecule is Cc1cc(-c2ncnc3[nH]c4cc(C=O)ccc4c23)ccc1N(C)NC(=O)c1nc(C(C)(C)C)no1. The molecule has 0 aliphatic carbocycles. The number of benzene rings is 2. The number of hydrogen-bond donors (Lipinski definition) is 2. The highest BCUT2D eigenvalue weighted by Gasteiger charge is 2.24. The van der Waals surface area contributed by atoms with E-state index in [1.165, 1.54) is 6.33 Å². The van der Waals surface area contributed by atoms with E-state index in [4.69, 9.17) is 4.52 Å². The van der Waals surface area contributed by atoms with Gasteiger partial charge in [-0.15, -0.1) is 0 Å². The summed E-state index contributed by atoms with van der Waals surface area (Å²) in [5.41, 5.74) is 7.94. The number of aromatic amines is 1. The molecule has 0 radical (unpaired) electrons. The average molecular weight is 484 g/mol. The number of nitrogens with one attached hydrogen (secondary N) is 2. The second-order valence-corrected chi connectivity index (χ2v) is 9.67. The molecule has 10 nitrogen and oxygen atoms in total. The number of aldehydes is 1. The van der Waals surface area contributed by atoms with Crippen LogP contribution < -0.4 is 10.4 Å². The lowest BCUT2D eigenvalue weighted by Gasteiger charge is -2.21. The summed E-state index contributed by atoms with van der Waals surface area (Å²) in [7, 11) is 1.74. The monoisotopic (exact) mass is 483 g/mol. The number of H-pyrrole nitrogens is 1. The van der Waals surface area contributed by atoms with Crippen molar-refractivity contribution in [3.8, 4) is 11.3 Å². The molecule has 5 rings (SSSR count). The summed E-state index contributed by atoms with van der Waals surface area (Å²) in [5, 5.41) is 7.34. The van der Waals surface area contributed by atoms with Gasteiger partial charge in [-0.1, -0.05) is 44.1 Å². The van der Waals surface area contributed by atoms with Crippen LogP contribution in [0.3, 0.4) is 0 Å². The molecule has 0 aliphatic heterocycles. The molecule has 5 aromatic rings. The van der Waals surface area contributed by atoms with Gasteiger partial charge in [-0.05, 0) is 30.7 Å². The molecule has 0 spiro atoms.